The summed E-state index contributed by atoms with van der Waals surface area (Å²) in [5, 5.41) is 2.98. The minimum absolute atomic E-state index is 0.0910. The highest BCUT2D eigenvalue weighted by Crippen LogP contribution is 2.12. The van der Waals surface area contributed by atoms with Crippen LogP contribution in [-0.4, -0.2) is 37.0 Å². The number of carbonyl (C=O) groups excluding carboxylic acids is 1. The Bertz CT molecular complexity index is 429. The number of nitrogens with zero attached hydrogens (tertiary/aromatic N) is 1. The number of hydrogen-bond donors (Lipinski definition) is 2. The summed E-state index contributed by atoms with van der Waals surface area (Å²) in [6.07, 6.45) is 3.96. The van der Waals surface area contributed by atoms with Gasteiger partial charge in [0.05, 0.1) is 0 Å². The molecule has 1 aromatic rings. The Morgan fingerprint density at radius 1 is 1.24 bits per heavy atom. The van der Waals surface area contributed by atoms with Crippen molar-refractivity contribution in [2.75, 3.05) is 26.2 Å². The van der Waals surface area contributed by atoms with Gasteiger partial charge in [0.25, 0.3) is 0 Å². The van der Waals surface area contributed by atoms with Gasteiger partial charge >= 0.3 is 0 Å². The molecule has 1 aliphatic heterocycles. The van der Waals surface area contributed by atoms with Crippen LogP contribution in [0, 0.1) is 5.92 Å². The molecule has 21 heavy (non-hydrogen) atoms. The van der Waals surface area contributed by atoms with Crippen LogP contribution in [0.3, 0.4) is 0 Å². The van der Waals surface area contributed by atoms with Crippen LogP contribution in [0.4, 0.5) is 0 Å². The van der Waals surface area contributed by atoms with Crippen molar-refractivity contribution >= 4 is 5.91 Å². The van der Waals surface area contributed by atoms with Crippen molar-refractivity contribution < 1.29 is 4.79 Å². The number of benzene rings is 1. The number of nitrogens with two attached hydrogens (primary N) is 1. The first-order chi connectivity index (χ1) is 10.2. The monoisotopic (exact) mass is 289 g/mol. The van der Waals surface area contributed by atoms with Gasteiger partial charge in [0.15, 0.2) is 0 Å². The number of nitrogens with one attached hydrogen (secondary N) is 1. The van der Waals surface area contributed by atoms with Gasteiger partial charge in [-0.3, -0.25) is 4.79 Å². The lowest BCUT2D eigenvalue weighted by Crippen LogP contribution is -2.40. The summed E-state index contributed by atoms with van der Waals surface area (Å²) in [4.78, 5) is 14.6. The first kappa shape index (κ1) is 16.0. The quantitative estimate of drug-likeness (QED) is 0.841. The number of hydrogen-bond acceptors (Lipinski definition) is 3. The first-order valence-corrected chi connectivity index (χ1v) is 7.97. The molecular weight excluding hydrogens is 262 g/mol. The van der Waals surface area contributed by atoms with Crippen LogP contribution in [0.2, 0.25) is 0 Å². The maximum Gasteiger partial charge on any atom is 0.241 e. The van der Waals surface area contributed by atoms with E-state index in [1.807, 2.05) is 30.3 Å². The van der Waals surface area contributed by atoms with Gasteiger partial charge in [-0.1, -0.05) is 43.7 Å². The van der Waals surface area contributed by atoms with E-state index in [-0.39, 0.29) is 5.91 Å². The fraction of sp³-hybridized carbons (Fsp3) is 0.588. The molecule has 0 saturated carbocycles. The van der Waals surface area contributed by atoms with Gasteiger partial charge in [-0.15, -0.1) is 0 Å². The Labute approximate surface area is 127 Å². The number of amides is 1. The second-order valence-electron chi connectivity index (χ2n) is 6.10. The Hall–Kier alpha value is -1.39. The molecule has 116 valence electrons. The van der Waals surface area contributed by atoms with E-state index in [0.29, 0.717) is 12.5 Å². The van der Waals surface area contributed by atoms with Gasteiger partial charge in [-0.05, 0) is 37.4 Å². The lowest BCUT2D eigenvalue weighted by molar-refractivity contribution is -0.122. The molecule has 1 fully saturated rings. The Morgan fingerprint density at radius 2 is 1.90 bits per heavy atom. The largest absolute Gasteiger partial charge is 0.354 e. The summed E-state index contributed by atoms with van der Waals surface area (Å²) < 4.78 is 0. The molecule has 1 unspecified atom stereocenters. The molecule has 0 radical (unpaired) electrons. The van der Waals surface area contributed by atoms with E-state index in [0.717, 1.165) is 12.1 Å². The normalized spacial score (nSPS) is 19.0. The molecule has 0 bridgehead atoms. The highest BCUT2D eigenvalue weighted by Gasteiger charge is 2.17. The van der Waals surface area contributed by atoms with E-state index in [4.69, 9.17) is 5.73 Å². The SMILES string of the molecule is CC(CNC(=O)[C@H](N)c1ccccc1)CN1CCCCC1. The topological polar surface area (TPSA) is 58.4 Å². The third-order valence-electron chi connectivity index (χ3n) is 4.08. The van der Waals surface area contributed by atoms with Gasteiger partial charge < -0.3 is 16.0 Å². The van der Waals surface area contributed by atoms with E-state index >= 15 is 0 Å². The van der Waals surface area contributed by atoms with Crippen LogP contribution in [0.5, 0.6) is 0 Å². The lowest BCUT2D eigenvalue weighted by Gasteiger charge is -2.29. The maximum atomic E-state index is 12.1. The molecule has 0 aromatic heterocycles. The van der Waals surface area contributed by atoms with Gasteiger partial charge in [0.2, 0.25) is 5.91 Å². The van der Waals surface area contributed by atoms with E-state index in [9.17, 15) is 4.79 Å². The second kappa shape index (κ2) is 8.15. The molecule has 1 amide bonds. The van der Waals surface area contributed by atoms with E-state index < -0.39 is 6.04 Å². The zero-order chi connectivity index (χ0) is 15.1. The fourth-order valence-corrected chi connectivity index (χ4v) is 2.84. The average molecular weight is 289 g/mol. The molecule has 0 aliphatic carbocycles. The Balaban J connectivity index is 1.72. The van der Waals surface area contributed by atoms with Crippen molar-refractivity contribution in [1.29, 1.82) is 0 Å². The van der Waals surface area contributed by atoms with Gasteiger partial charge in [0.1, 0.15) is 6.04 Å². The lowest BCUT2D eigenvalue weighted by atomic mass is 10.1. The first-order valence-electron chi connectivity index (χ1n) is 7.97. The maximum absolute atomic E-state index is 12.1. The van der Waals surface area contributed by atoms with Crippen molar-refractivity contribution in [2.45, 2.75) is 32.2 Å². The van der Waals surface area contributed by atoms with Crippen molar-refractivity contribution in [1.82, 2.24) is 10.2 Å². The average Bonchev–Trinajstić information content (AvgIpc) is 2.53. The number of piperidine rings is 1. The number of likely N-dealkylation sites (tertiary alicyclic amines) is 1. The van der Waals surface area contributed by atoms with Gasteiger partial charge in [-0.25, -0.2) is 0 Å². The fourth-order valence-electron chi connectivity index (χ4n) is 2.84. The van der Waals surface area contributed by atoms with Crippen LogP contribution in [0.1, 0.15) is 37.8 Å². The van der Waals surface area contributed by atoms with Crippen LogP contribution in [0.25, 0.3) is 0 Å². The third-order valence-corrected chi connectivity index (χ3v) is 4.08. The molecule has 1 aliphatic rings. The van der Waals surface area contributed by atoms with E-state index in [1.54, 1.807) is 0 Å². The third kappa shape index (κ3) is 5.14. The number of rotatable bonds is 6. The molecule has 3 N–H and O–H groups in total. The summed E-state index contributed by atoms with van der Waals surface area (Å²) in [5.41, 5.74) is 6.85. The molecule has 1 saturated heterocycles. The van der Waals surface area contributed by atoms with E-state index in [1.165, 1.54) is 32.4 Å². The summed E-state index contributed by atoms with van der Waals surface area (Å²) in [6, 6.07) is 8.94. The highest BCUT2D eigenvalue weighted by molar-refractivity contribution is 5.82. The molecular formula is C17H27N3O. The van der Waals surface area contributed by atoms with Crippen molar-refractivity contribution in [3.63, 3.8) is 0 Å². The zero-order valence-corrected chi connectivity index (χ0v) is 12.9. The minimum atomic E-state index is -0.576. The molecule has 2 rings (SSSR count). The van der Waals surface area contributed by atoms with Crippen LogP contribution >= 0.6 is 0 Å². The van der Waals surface area contributed by atoms with E-state index in [2.05, 4.69) is 17.1 Å². The summed E-state index contributed by atoms with van der Waals surface area (Å²) in [7, 11) is 0. The second-order valence-corrected chi connectivity index (χ2v) is 6.10. The van der Waals surface area contributed by atoms with Crippen molar-refractivity contribution in [2.24, 2.45) is 11.7 Å². The van der Waals surface area contributed by atoms with Crippen LogP contribution in [-0.2, 0) is 4.79 Å². The van der Waals surface area contributed by atoms with Crippen molar-refractivity contribution in [3.05, 3.63) is 35.9 Å². The predicted octanol–water partition coefficient (Wildman–Crippen LogP) is 1.92. The molecule has 1 heterocycles. The van der Waals surface area contributed by atoms with Gasteiger partial charge in [-0.2, -0.15) is 0 Å². The smallest absolute Gasteiger partial charge is 0.241 e. The molecule has 0 spiro atoms. The Kier molecular flexibility index (Phi) is 6.21. The predicted molar refractivity (Wildman–Crippen MR) is 85.8 cm³/mol. The minimum Gasteiger partial charge on any atom is -0.354 e. The summed E-state index contributed by atoms with van der Waals surface area (Å²) >= 11 is 0. The van der Waals surface area contributed by atoms with Gasteiger partial charge in [0, 0.05) is 13.1 Å². The van der Waals surface area contributed by atoms with Crippen LogP contribution in [0.15, 0.2) is 30.3 Å². The standard InChI is InChI=1S/C17H27N3O/c1-14(13-20-10-6-3-7-11-20)12-19-17(21)16(18)15-8-4-2-5-9-15/h2,4-5,8-9,14,16H,3,6-7,10-13,18H2,1H3,(H,19,21)/t14?,16-/m1/s1. The zero-order valence-electron chi connectivity index (χ0n) is 12.9. The summed E-state index contributed by atoms with van der Waals surface area (Å²) in [5.74, 6) is 0.363. The Morgan fingerprint density at radius 3 is 2.57 bits per heavy atom. The van der Waals surface area contributed by atoms with Crippen molar-refractivity contribution in [3.8, 4) is 0 Å². The summed E-state index contributed by atoms with van der Waals surface area (Å²) in [6.45, 7) is 6.32. The molecule has 1 aromatic carbocycles. The highest BCUT2D eigenvalue weighted by atomic mass is 16.2. The molecule has 4 nitrogen and oxygen atoms in total. The van der Waals surface area contributed by atoms with Crippen LogP contribution < -0.4 is 11.1 Å². The number of carbonyl (C=O) groups is 1. The molecule has 2 atom stereocenters. The molecule has 4 heteroatoms.